The van der Waals surface area contributed by atoms with Gasteiger partial charge in [-0.3, -0.25) is 4.72 Å². The van der Waals surface area contributed by atoms with Crippen molar-refractivity contribution in [1.29, 1.82) is 0 Å². The average molecular weight is 486 g/mol. The van der Waals surface area contributed by atoms with E-state index in [0.29, 0.717) is 23.0 Å². The molecule has 0 aliphatic carbocycles. The average Bonchev–Trinajstić information content (AvgIpc) is 3.20. The zero-order chi connectivity index (χ0) is 23.6. The van der Waals surface area contributed by atoms with Gasteiger partial charge in [-0.2, -0.15) is 9.50 Å². The van der Waals surface area contributed by atoms with E-state index >= 15 is 0 Å². The van der Waals surface area contributed by atoms with Crippen LogP contribution in [0.3, 0.4) is 0 Å². The number of sulfonamides is 1. The number of aromatic nitrogens is 4. The third kappa shape index (κ3) is 4.88. The SMILES string of the molecule is CCc1cc(Sc2ccc(NS(=O)(=O)c3cc(OC)ccc3OC)cc2)n2nc(C)nc2n1. The first kappa shape index (κ1) is 22.9. The van der Waals surface area contributed by atoms with Crippen LogP contribution in [-0.2, 0) is 16.4 Å². The molecule has 0 radical (unpaired) electrons. The fraction of sp³-hybridized carbons (Fsp3) is 0.227. The molecule has 2 aromatic carbocycles. The minimum absolute atomic E-state index is 0.00405. The van der Waals surface area contributed by atoms with E-state index in [4.69, 9.17) is 9.47 Å². The van der Waals surface area contributed by atoms with Gasteiger partial charge in [-0.05, 0) is 55.8 Å². The standard InChI is InChI=1S/C22H23N5O4S2/c1-5-15-12-21(27-22(24-15)23-14(2)25-27)32-18-9-6-16(7-10-18)26-33(28,29)20-13-17(30-3)8-11-19(20)31-4/h6-13,26H,5H2,1-4H3. The van der Waals surface area contributed by atoms with Gasteiger partial charge in [0.1, 0.15) is 27.2 Å². The lowest BCUT2D eigenvalue weighted by atomic mass is 10.3. The summed E-state index contributed by atoms with van der Waals surface area (Å²) in [5.74, 6) is 1.86. The minimum atomic E-state index is -3.89. The first-order valence-electron chi connectivity index (χ1n) is 10.1. The number of rotatable bonds is 8. The number of methoxy groups -OCH3 is 2. The van der Waals surface area contributed by atoms with Gasteiger partial charge in [0, 0.05) is 22.3 Å². The van der Waals surface area contributed by atoms with Gasteiger partial charge in [0.15, 0.2) is 0 Å². The molecule has 0 amide bonds. The van der Waals surface area contributed by atoms with E-state index in [-0.39, 0.29) is 10.6 Å². The molecule has 0 aliphatic rings. The van der Waals surface area contributed by atoms with Gasteiger partial charge in [-0.15, -0.1) is 5.10 Å². The van der Waals surface area contributed by atoms with Crippen LogP contribution >= 0.6 is 11.8 Å². The van der Waals surface area contributed by atoms with Crippen molar-refractivity contribution in [3.8, 4) is 11.5 Å². The summed E-state index contributed by atoms with van der Waals surface area (Å²) in [5.41, 5.74) is 1.35. The summed E-state index contributed by atoms with van der Waals surface area (Å²) in [7, 11) is -0.993. The van der Waals surface area contributed by atoms with Gasteiger partial charge >= 0.3 is 0 Å². The molecule has 2 heterocycles. The number of hydrogen-bond donors (Lipinski definition) is 1. The van der Waals surface area contributed by atoms with Crippen LogP contribution in [0.5, 0.6) is 11.5 Å². The molecule has 0 spiro atoms. The Bertz CT molecular complexity index is 1400. The molecule has 0 unspecified atom stereocenters. The molecular formula is C22H23N5O4S2. The maximum Gasteiger partial charge on any atom is 0.265 e. The van der Waals surface area contributed by atoms with Crippen LogP contribution in [0.2, 0.25) is 0 Å². The largest absolute Gasteiger partial charge is 0.497 e. The molecule has 1 N–H and O–H groups in total. The number of ether oxygens (including phenoxy) is 2. The monoisotopic (exact) mass is 485 g/mol. The van der Waals surface area contributed by atoms with Crippen LogP contribution < -0.4 is 14.2 Å². The Labute approximate surface area is 196 Å². The molecule has 0 fully saturated rings. The number of aryl methyl sites for hydroxylation is 2. The normalized spacial score (nSPS) is 11.5. The smallest absolute Gasteiger partial charge is 0.265 e. The van der Waals surface area contributed by atoms with Crippen LogP contribution in [0, 0.1) is 6.92 Å². The van der Waals surface area contributed by atoms with Gasteiger partial charge in [0.25, 0.3) is 15.8 Å². The molecular weight excluding hydrogens is 462 g/mol. The van der Waals surface area contributed by atoms with Crippen molar-refractivity contribution < 1.29 is 17.9 Å². The van der Waals surface area contributed by atoms with Crippen molar-refractivity contribution in [3.63, 3.8) is 0 Å². The van der Waals surface area contributed by atoms with Crippen LogP contribution in [0.1, 0.15) is 18.4 Å². The molecule has 2 aromatic heterocycles. The van der Waals surface area contributed by atoms with E-state index in [2.05, 4.69) is 19.8 Å². The number of nitrogens with zero attached hydrogens (tertiary/aromatic N) is 4. The highest BCUT2D eigenvalue weighted by Gasteiger charge is 2.21. The van der Waals surface area contributed by atoms with Gasteiger partial charge in [-0.25, -0.2) is 13.4 Å². The number of anilines is 1. The third-order valence-electron chi connectivity index (χ3n) is 4.79. The molecule has 0 bridgehead atoms. The summed E-state index contributed by atoms with van der Waals surface area (Å²) in [6.07, 6.45) is 0.782. The van der Waals surface area contributed by atoms with Gasteiger partial charge in [0.05, 0.1) is 14.2 Å². The van der Waals surface area contributed by atoms with E-state index in [1.165, 1.54) is 32.0 Å². The lowest BCUT2D eigenvalue weighted by Crippen LogP contribution is -2.14. The first-order chi connectivity index (χ1) is 15.8. The van der Waals surface area contributed by atoms with Crippen molar-refractivity contribution in [1.82, 2.24) is 19.6 Å². The predicted molar refractivity (Wildman–Crippen MR) is 126 cm³/mol. The lowest BCUT2D eigenvalue weighted by Gasteiger charge is -2.13. The maximum absolute atomic E-state index is 13.0. The summed E-state index contributed by atoms with van der Waals surface area (Å²) >= 11 is 1.50. The summed E-state index contributed by atoms with van der Waals surface area (Å²) in [6.45, 7) is 3.86. The molecule has 0 atom stereocenters. The van der Waals surface area contributed by atoms with Crippen LogP contribution in [0.15, 0.2) is 63.3 Å². The maximum atomic E-state index is 13.0. The Kier molecular flexibility index (Phi) is 6.43. The number of nitrogens with one attached hydrogen (secondary N) is 1. The Morgan fingerprint density at radius 3 is 2.45 bits per heavy atom. The number of hydrogen-bond acceptors (Lipinski definition) is 8. The molecule has 9 nitrogen and oxygen atoms in total. The van der Waals surface area contributed by atoms with Crippen LogP contribution in [0.4, 0.5) is 5.69 Å². The molecule has 0 saturated heterocycles. The van der Waals surface area contributed by atoms with E-state index in [9.17, 15) is 8.42 Å². The summed E-state index contributed by atoms with van der Waals surface area (Å²) in [4.78, 5) is 9.78. The highest BCUT2D eigenvalue weighted by Crippen LogP contribution is 2.32. The number of benzene rings is 2. The van der Waals surface area contributed by atoms with E-state index in [1.54, 1.807) is 28.8 Å². The lowest BCUT2D eigenvalue weighted by molar-refractivity contribution is 0.392. The Hall–Kier alpha value is -3.31. The topological polar surface area (TPSA) is 108 Å². The van der Waals surface area contributed by atoms with E-state index in [1.807, 2.05) is 32.0 Å². The Morgan fingerprint density at radius 2 is 1.79 bits per heavy atom. The van der Waals surface area contributed by atoms with Crippen molar-refractivity contribution in [3.05, 3.63) is 60.0 Å². The third-order valence-corrected chi connectivity index (χ3v) is 7.20. The second kappa shape index (κ2) is 9.28. The Morgan fingerprint density at radius 1 is 1.03 bits per heavy atom. The molecule has 172 valence electrons. The zero-order valence-corrected chi connectivity index (χ0v) is 20.2. The fourth-order valence-corrected chi connectivity index (χ4v) is 5.32. The van der Waals surface area contributed by atoms with E-state index in [0.717, 1.165) is 22.0 Å². The summed E-state index contributed by atoms with van der Waals surface area (Å²) in [6, 6.07) is 13.7. The van der Waals surface area contributed by atoms with Crippen LogP contribution in [0.25, 0.3) is 5.78 Å². The van der Waals surface area contributed by atoms with Gasteiger partial charge in [0.2, 0.25) is 0 Å². The molecule has 0 aliphatic heterocycles. The molecule has 33 heavy (non-hydrogen) atoms. The fourth-order valence-electron chi connectivity index (χ4n) is 3.16. The molecule has 0 saturated carbocycles. The predicted octanol–water partition coefficient (Wildman–Crippen LogP) is 3.96. The quantitative estimate of drug-likeness (QED) is 0.374. The molecule has 4 aromatic rings. The highest BCUT2D eigenvalue weighted by atomic mass is 32.2. The van der Waals surface area contributed by atoms with Crippen molar-refractivity contribution in [2.45, 2.75) is 35.1 Å². The highest BCUT2D eigenvalue weighted by molar-refractivity contribution is 7.99. The summed E-state index contributed by atoms with van der Waals surface area (Å²) < 4.78 is 40.6. The first-order valence-corrected chi connectivity index (χ1v) is 12.4. The van der Waals surface area contributed by atoms with Crippen molar-refractivity contribution in [2.75, 3.05) is 18.9 Å². The minimum Gasteiger partial charge on any atom is -0.497 e. The van der Waals surface area contributed by atoms with Crippen molar-refractivity contribution >= 4 is 33.3 Å². The number of fused-ring (bicyclic) bond motifs is 1. The zero-order valence-electron chi connectivity index (χ0n) is 18.6. The second-order valence-electron chi connectivity index (χ2n) is 7.06. The molecule has 4 rings (SSSR count). The second-order valence-corrected chi connectivity index (χ2v) is 9.80. The van der Waals surface area contributed by atoms with Gasteiger partial charge < -0.3 is 9.47 Å². The summed E-state index contributed by atoms with van der Waals surface area (Å²) in [5, 5.41) is 5.30. The van der Waals surface area contributed by atoms with Gasteiger partial charge in [-0.1, -0.05) is 18.7 Å². The van der Waals surface area contributed by atoms with Crippen LogP contribution in [-0.4, -0.2) is 42.2 Å². The Balaban J connectivity index is 1.58. The van der Waals surface area contributed by atoms with Crippen molar-refractivity contribution in [2.24, 2.45) is 0 Å². The van der Waals surface area contributed by atoms with E-state index < -0.39 is 10.0 Å². The molecule has 11 heteroatoms.